The summed E-state index contributed by atoms with van der Waals surface area (Å²) in [7, 11) is 1.46. The number of rotatable bonds is 2. The minimum Gasteiger partial charge on any atom is -0.480 e. The van der Waals surface area contributed by atoms with Crippen LogP contribution in [0.4, 0.5) is 5.69 Å². The number of anilines is 1. The van der Waals surface area contributed by atoms with E-state index in [-0.39, 0.29) is 0 Å². The van der Waals surface area contributed by atoms with E-state index in [1.54, 1.807) is 20.8 Å². The molecule has 0 aliphatic carbocycles. The van der Waals surface area contributed by atoms with Crippen molar-refractivity contribution in [3.05, 3.63) is 17.8 Å². The maximum Gasteiger partial charge on any atom is 0.340 e. The van der Waals surface area contributed by atoms with E-state index in [1.807, 2.05) is 0 Å². The molecule has 0 amide bonds. The Kier molecular flexibility index (Phi) is 3.37. The number of esters is 1. The lowest BCUT2D eigenvalue weighted by Gasteiger charge is -2.19. The quantitative estimate of drug-likeness (QED) is 0.773. The van der Waals surface area contributed by atoms with Crippen molar-refractivity contribution in [2.45, 2.75) is 26.4 Å². The van der Waals surface area contributed by atoms with Gasteiger partial charge in [0, 0.05) is 6.20 Å². The standard InChI is InChI=1S/C11H16N2O3/c1-11(2,3)16-10(14)7-5-8(12)9(15-4)13-6-7/h5-6H,12H2,1-4H3. The van der Waals surface area contributed by atoms with E-state index in [4.69, 9.17) is 15.2 Å². The first-order chi connectivity index (χ1) is 7.33. The first-order valence-electron chi connectivity index (χ1n) is 4.86. The summed E-state index contributed by atoms with van der Waals surface area (Å²) in [6, 6.07) is 1.49. The van der Waals surface area contributed by atoms with Crippen LogP contribution >= 0.6 is 0 Å². The van der Waals surface area contributed by atoms with Gasteiger partial charge in [-0.15, -0.1) is 0 Å². The molecule has 0 bridgehead atoms. The third-order valence-electron chi connectivity index (χ3n) is 1.71. The molecule has 5 nitrogen and oxygen atoms in total. The van der Waals surface area contributed by atoms with Gasteiger partial charge in [0.25, 0.3) is 0 Å². The Labute approximate surface area is 94.6 Å². The normalized spacial score (nSPS) is 11.0. The molecule has 0 radical (unpaired) electrons. The molecule has 0 aromatic carbocycles. The van der Waals surface area contributed by atoms with Gasteiger partial charge in [-0.3, -0.25) is 0 Å². The fourth-order valence-electron chi connectivity index (χ4n) is 1.09. The fraction of sp³-hybridized carbons (Fsp3) is 0.455. The number of methoxy groups -OCH3 is 1. The van der Waals surface area contributed by atoms with E-state index < -0.39 is 11.6 Å². The summed E-state index contributed by atoms with van der Waals surface area (Å²) in [6.07, 6.45) is 1.38. The second-order valence-electron chi connectivity index (χ2n) is 4.32. The molecule has 1 aromatic rings. The van der Waals surface area contributed by atoms with E-state index in [1.165, 1.54) is 19.4 Å². The minimum absolute atomic E-state index is 0.298. The summed E-state index contributed by atoms with van der Waals surface area (Å²) in [6.45, 7) is 5.39. The molecule has 5 heteroatoms. The van der Waals surface area contributed by atoms with Crippen LogP contribution < -0.4 is 10.5 Å². The highest BCUT2D eigenvalue weighted by Gasteiger charge is 2.18. The molecule has 88 valence electrons. The smallest absolute Gasteiger partial charge is 0.340 e. The maximum absolute atomic E-state index is 11.7. The molecule has 0 saturated carbocycles. The number of nitrogen functional groups attached to an aromatic ring is 1. The molecule has 0 fully saturated rings. The zero-order chi connectivity index (χ0) is 12.3. The molecule has 1 heterocycles. The third-order valence-corrected chi connectivity index (χ3v) is 1.71. The van der Waals surface area contributed by atoms with Gasteiger partial charge in [0.1, 0.15) is 5.60 Å². The van der Waals surface area contributed by atoms with E-state index in [9.17, 15) is 4.79 Å². The van der Waals surface area contributed by atoms with E-state index in [2.05, 4.69) is 4.98 Å². The van der Waals surface area contributed by atoms with Crippen molar-refractivity contribution in [1.29, 1.82) is 0 Å². The molecular formula is C11H16N2O3. The summed E-state index contributed by atoms with van der Waals surface area (Å²) in [5.74, 6) is -0.151. The van der Waals surface area contributed by atoms with Crippen molar-refractivity contribution >= 4 is 11.7 Å². The highest BCUT2D eigenvalue weighted by atomic mass is 16.6. The Morgan fingerprint density at radius 2 is 2.06 bits per heavy atom. The Morgan fingerprint density at radius 3 is 2.50 bits per heavy atom. The second-order valence-corrected chi connectivity index (χ2v) is 4.32. The van der Waals surface area contributed by atoms with Crippen LogP contribution in [-0.2, 0) is 4.74 Å². The lowest BCUT2D eigenvalue weighted by Crippen LogP contribution is -2.24. The van der Waals surface area contributed by atoms with Crippen LogP contribution in [0.15, 0.2) is 12.3 Å². The molecule has 2 N–H and O–H groups in total. The molecule has 0 atom stereocenters. The SMILES string of the molecule is COc1ncc(C(=O)OC(C)(C)C)cc1N. The topological polar surface area (TPSA) is 74.4 Å². The average Bonchev–Trinajstić information content (AvgIpc) is 2.15. The third kappa shape index (κ3) is 3.12. The van der Waals surface area contributed by atoms with Gasteiger partial charge < -0.3 is 15.2 Å². The molecule has 0 aliphatic heterocycles. The van der Waals surface area contributed by atoms with Crippen LogP contribution in [0.3, 0.4) is 0 Å². The van der Waals surface area contributed by atoms with Gasteiger partial charge in [-0.2, -0.15) is 0 Å². The molecule has 1 rings (SSSR count). The van der Waals surface area contributed by atoms with Crippen molar-refractivity contribution in [1.82, 2.24) is 4.98 Å². The molecule has 0 saturated heterocycles. The van der Waals surface area contributed by atoms with E-state index >= 15 is 0 Å². The van der Waals surface area contributed by atoms with Gasteiger partial charge >= 0.3 is 5.97 Å². The molecule has 0 spiro atoms. The molecule has 1 aromatic heterocycles. The van der Waals surface area contributed by atoms with Gasteiger partial charge in [-0.05, 0) is 26.8 Å². The largest absolute Gasteiger partial charge is 0.480 e. The van der Waals surface area contributed by atoms with Gasteiger partial charge in [-0.25, -0.2) is 9.78 Å². The van der Waals surface area contributed by atoms with E-state index in [0.29, 0.717) is 17.1 Å². The predicted molar refractivity (Wildman–Crippen MR) is 60.4 cm³/mol. The number of nitrogens with two attached hydrogens (primary N) is 1. The van der Waals surface area contributed by atoms with Crippen molar-refractivity contribution in [2.75, 3.05) is 12.8 Å². The van der Waals surface area contributed by atoms with Gasteiger partial charge in [-0.1, -0.05) is 0 Å². The Bertz CT molecular complexity index is 397. The Hall–Kier alpha value is -1.78. The first-order valence-corrected chi connectivity index (χ1v) is 4.86. The summed E-state index contributed by atoms with van der Waals surface area (Å²) in [4.78, 5) is 15.6. The zero-order valence-corrected chi connectivity index (χ0v) is 9.90. The summed E-state index contributed by atoms with van der Waals surface area (Å²) < 4.78 is 10.1. The molecular weight excluding hydrogens is 208 g/mol. The lowest BCUT2D eigenvalue weighted by molar-refractivity contribution is 0.00691. The maximum atomic E-state index is 11.7. The molecule has 0 unspecified atom stereocenters. The summed E-state index contributed by atoms with van der Waals surface area (Å²) in [5.41, 5.74) is 5.73. The first kappa shape index (κ1) is 12.3. The molecule has 0 aliphatic rings. The van der Waals surface area contributed by atoms with Gasteiger partial charge in [0.05, 0.1) is 18.4 Å². The number of hydrogen-bond donors (Lipinski definition) is 1. The van der Waals surface area contributed by atoms with Crippen LogP contribution in [0.5, 0.6) is 5.88 Å². The summed E-state index contributed by atoms with van der Waals surface area (Å²) in [5, 5.41) is 0. The second kappa shape index (κ2) is 4.38. The lowest BCUT2D eigenvalue weighted by atomic mass is 10.2. The highest BCUT2D eigenvalue weighted by Crippen LogP contribution is 2.20. The average molecular weight is 224 g/mol. The van der Waals surface area contributed by atoms with Crippen LogP contribution in [-0.4, -0.2) is 23.7 Å². The summed E-state index contributed by atoms with van der Waals surface area (Å²) >= 11 is 0. The van der Waals surface area contributed by atoms with Crippen molar-refractivity contribution < 1.29 is 14.3 Å². The van der Waals surface area contributed by atoms with Gasteiger partial charge in [0.15, 0.2) is 0 Å². The Morgan fingerprint density at radius 1 is 1.44 bits per heavy atom. The van der Waals surface area contributed by atoms with Crippen LogP contribution in [0, 0.1) is 0 Å². The Balaban J connectivity index is 2.89. The number of pyridine rings is 1. The number of ether oxygens (including phenoxy) is 2. The zero-order valence-electron chi connectivity index (χ0n) is 9.90. The van der Waals surface area contributed by atoms with E-state index in [0.717, 1.165) is 0 Å². The number of hydrogen-bond acceptors (Lipinski definition) is 5. The van der Waals surface area contributed by atoms with Crippen molar-refractivity contribution in [3.63, 3.8) is 0 Å². The number of carbonyl (C=O) groups is 1. The van der Waals surface area contributed by atoms with Crippen LogP contribution in [0.25, 0.3) is 0 Å². The minimum atomic E-state index is -0.536. The fourth-order valence-corrected chi connectivity index (χ4v) is 1.09. The van der Waals surface area contributed by atoms with Crippen molar-refractivity contribution in [2.24, 2.45) is 0 Å². The molecule has 16 heavy (non-hydrogen) atoms. The number of aromatic nitrogens is 1. The monoisotopic (exact) mass is 224 g/mol. The predicted octanol–water partition coefficient (Wildman–Crippen LogP) is 1.63. The number of carbonyl (C=O) groups excluding carboxylic acids is 1. The van der Waals surface area contributed by atoms with Gasteiger partial charge in [0.2, 0.25) is 5.88 Å². The highest BCUT2D eigenvalue weighted by molar-refractivity contribution is 5.90. The van der Waals surface area contributed by atoms with Crippen LogP contribution in [0.1, 0.15) is 31.1 Å². The van der Waals surface area contributed by atoms with Crippen molar-refractivity contribution in [3.8, 4) is 5.88 Å². The number of nitrogens with zero attached hydrogens (tertiary/aromatic N) is 1. The van der Waals surface area contributed by atoms with Crippen LogP contribution in [0.2, 0.25) is 0 Å².